The van der Waals surface area contributed by atoms with E-state index in [0.717, 1.165) is 22.7 Å². The molecular formula is C17H17N3O3. The van der Waals surface area contributed by atoms with Crippen LogP contribution in [0, 0.1) is 13.8 Å². The number of nitrogens with zero attached hydrogens (tertiary/aromatic N) is 2. The topological polar surface area (TPSA) is 69.1 Å². The number of nitrogens with one attached hydrogen (secondary N) is 1. The molecule has 0 saturated heterocycles. The van der Waals surface area contributed by atoms with Gasteiger partial charge in [0, 0.05) is 5.56 Å². The van der Waals surface area contributed by atoms with Gasteiger partial charge in [-0.15, -0.1) is 0 Å². The Morgan fingerprint density at radius 1 is 1.04 bits per heavy atom. The summed E-state index contributed by atoms with van der Waals surface area (Å²) < 4.78 is 12.7. The van der Waals surface area contributed by atoms with Gasteiger partial charge in [-0.3, -0.25) is 0 Å². The molecule has 0 aliphatic rings. The van der Waals surface area contributed by atoms with Gasteiger partial charge in [0.1, 0.15) is 23.1 Å². The van der Waals surface area contributed by atoms with Gasteiger partial charge in [0.2, 0.25) is 0 Å². The Morgan fingerprint density at radius 2 is 1.74 bits per heavy atom. The minimum atomic E-state index is -0.264. The molecule has 1 aromatic heterocycles. The summed E-state index contributed by atoms with van der Waals surface area (Å²) in [6.45, 7) is 3.71. The maximum Gasteiger partial charge on any atom is 0.347 e. The van der Waals surface area contributed by atoms with Crippen molar-refractivity contribution in [2.24, 2.45) is 0 Å². The largest absolute Gasteiger partial charge is 0.496 e. The first-order valence-electron chi connectivity index (χ1n) is 7.16. The second-order valence-electron chi connectivity index (χ2n) is 5.09. The first-order chi connectivity index (χ1) is 11.1. The van der Waals surface area contributed by atoms with E-state index < -0.39 is 0 Å². The van der Waals surface area contributed by atoms with Gasteiger partial charge in [0.15, 0.2) is 0 Å². The fraction of sp³-hybridized carbons (Fsp3) is 0.176. The van der Waals surface area contributed by atoms with Crippen LogP contribution in [-0.2, 0) is 0 Å². The molecule has 0 atom stereocenters. The predicted octanol–water partition coefficient (Wildman–Crippen LogP) is 2.98. The maximum absolute atomic E-state index is 11.7. The van der Waals surface area contributed by atoms with Crippen LogP contribution >= 0.6 is 0 Å². The molecule has 1 N–H and O–H groups in total. The molecule has 1 heterocycles. The van der Waals surface area contributed by atoms with E-state index in [1.807, 2.05) is 49.4 Å². The lowest BCUT2D eigenvalue weighted by Crippen LogP contribution is -2.15. The van der Waals surface area contributed by atoms with Crippen LogP contribution in [0.4, 0.5) is 0 Å². The summed E-state index contributed by atoms with van der Waals surface area (Å²) in [6, 6.07) is 12.9. The number of hydrogen-bond acceptors (Lipinski definition) is 4. The van der Waals surface area contributed by atoms with Crippen molar-refractivity contribution >= 4 is 0 Å². The third-order valence-corrected chi connectivity index (χ3v) is 3.62. The van der Waals surface area contributed by atoms with Crippen LogP contribution in [0.2, 0.25) is 0 Å². The first kappa shape index (κ1) is 14.9. The van der Waals surface area contributed by atoms with Crippen molar-refractivity contribution in [2.45, 2.75) is 13.8 Å². The molecule has 0 unspecified atom stereocenters. The van der Waals surface area contributed by atoms with E-state index in [-0.39, 0.29) is 5.69 Å². The van der Waals surface area contributed by atoms with E-state index in [0.29, 0.717) is 11.6 Å². The summed E-state index contributed by atoms with van der Waals surface area (Å²) in [5.74, 6) is 2.79. The predicted molar refractivity (Wildman–Crippen MR) is 86.7 cm³/mol. The van der Waals surface area contributed by atoms with E-state index in [4.69, 9.17) is 9.47 Å². The van der Waals surface area contributed by atoms with E-state index >= 15 is 0 Å². The zero-order chi connectivity index (χ0) is 16.4. The molecule has 3 aromatic rings. The average Bonchev–Trinajstić information content (AvgIpc) is 2.89. The monoisotopic (exact) mass is 311 g/mol. The molecule has 0 spiro atoms. The molecule has 2 aromatic carbocycles. The van der Waals surface area contributed by atoms with Crippen LogP contribution in [0.1, 0.15) is 11.4 Å². The molecule has 0 aliphatic carbocycles. The Balaban J connectivity index is 1.88. The highest BCUT2D eigenvalue weighted by Crippen LogP contribution is 2.31. The Hall–Kier alpha value is -3.02. The van der Waals surface area contributed by atoms with Crippen LogP contribution < -0.4 is 15.2 Å². The zero-order valence-corrected chi connectivity index (χ0v) is 13.2. The number of aromatic amines is 1. The van der Waals surface area contributed by atoms with Crippen molar-refractivity contribution in [3.05, 3.63) is 64.3 Å². The normalized spacial score (nSPS) is 10.6. The molecule has 0 radical (unpaired) electrons. The highest BCUT2D eigenvalue weighted by atomic mass is 16.5. The van der Waals surface area contributed by atoms with Crippen LogP contribution in [0.25, 0.3) is 5.69 Å². The summed E-state index contributed by atoms with van der Waals surface area (Å²) in [7, 11) is 1.63. The number of rotatable bonds is 4. The Kier molecular flexibility index (Phi) is 3.89. The van der Waals surface area contributed by atoms with Gasteiger partial charge >= 0.3 is 5.69 Å². The fourth-order valence-electron chi connectivity index (χ4n) is 2.40. The molecule has 3 rings (SSSR count). The molecule has 23 heavy (non-hydrogen) atoms. The molecule has 0 aliphatic heterocycles. The average molecular weight is 311 g/mol. The van der Waals surface area contributed by atoms with Crippen LogP contribution in [-0.4, -0.2) is 21.9 Å². The molecule has 0 amide bonds. The number of H-pyrrole nitrogens is 1. The number of methoxy groups -OCH3 is 1. The maximum atomic E-state index is 11.7. The lowest BCUT2D eigenvalue weighted by atomic mass is 10.2. The third-order valence-electron chi connectivity index (χ3n) is 3.62. The van der Waals surface area contributed by atoms with E-state index in [9.17, 15) is 4.79 Å². The van der Waals surface area contributed by atoms with E-state index in [1.165, 1.54) is 4.57 Å². The summed E-state index contributed by atoms with van der Waals surface area (Å²) in [5.41, 5.74) is 1.40. The van der Waals surface area contributed by atoms with E-state index in [2.05, 4.69) is 10.2 Å². The first-order valence-corrected chi connectivity index (χ1v) is 7.16. The van der Waals surface area contributed by atoms with Gasteiger partial charge in [0.05, 0.1) is 12.8 Å². The van der Waals surface area contributed by atoms with Crippen molar-refractivity contribution in [2.75, 3.05) is 7.11 Å². The summed E-state index contributed by atoms with van der Waals surface area (Å²) in [4.78, 5) is 11.7. The van der Waals surface area contributed by atoms with E-state index in [1.54, 1.807) is 14.0 Å². The SMILES string of the molecule is COc1cccc(Oc2ccc(-n3c(C)n[nH]c3=O)cc2)c1C. The molecule has 6 heteroatoms. The van der Waals surface area contributed by atoms with Gasteiger partial charge in [-0.05, 0) is 50.2 Å². The van der Waals surface area contributed by atoms with Gasteiger partial charge < -0.3 is 9.47 Å². The highest BCUT2D eigenvalue weighted by molar-refractivity contribution is 5.46. The fourth-order valence-corrected chi connectivity index (χ4v) is 2.40. The van der Waals surface area contributed by atoms with Crippen molar-refractivity contribution in [3.63, 3.8) is 0 Å². The van der Waals surface area contributed by atoms with Gasteiger partial charge in [-0.2, -0.15) is 5.10 Å². The third kappa shape index (κ3) is 2.83. The molecule has 0 saturated carbocycles. The van der Waals surface area contributed by atoms with Gasteiger partial charge in [0.25, 0.3) is 0 Å². The molecular weight excluding hydrogens is 294 g/mol. The van der Waals surface area contributed by atoms with Gasteiger partial charge in [-0.25, -0.2) is 14.5 Å². The van der Waals surface area contributed by atoms with Crippen molar-refractivity contribution in [1.29, 1.82) is 0 Å². The van der Waals surface area contributed by atoms with Crippen molar-refractivity contribution in [1.82, 2.24) is 14.8 Å². The number of hydrogen-bond donors (Lipinski definition) is 1. The quantitative estimate of drug-likeness (QED) is 0.804. The zero-order valence-electron chi connectivity index (χ0n) is 13.2. The molecule has 0 fully saturated rings. The van der Waals surface area contributed by atoms with Crippen LogP contribution in [0.3, 0.4) is 0 Å². The molecule has 6 nitrogen and oxygen atoms in total. The summed E-state index contributed by atoms with van der Waals surface area (Å²) >= 11 is 0. The standard InChI is InChI=1S/C17H17N3O3/c1-11-15(22-3)5-4-6-16(11)23-14-9-7-13(8-10-14)20-12(2)18-19-17(20)21/h4-10H,1-3H3,(H,19,21). The van der Waals surface area contributed by atoms with Crippen molar-refractivity contribution in [3.8, 4) is 22.9 Å². The van der Waals surface area contributed by atoms with Crippen LogP contribution in [0.5, 0.6) is 17.2 Å². The second kappa shape index (κ2) is 6.00. The summed E-state index contributed by atoms with van der Waals surface area (Å²) in [5, 5.41) is 6.32. The lowest BCUT2D eigenvalue weighted by molar-refractivity contribution is 0.404. The number of benzene rings is 2. The Bertz CT molecular complexity index is 879. The molecule has 118 valence electrons. The van der Waals surface area contributed by atoms with Crippen LogP contribution in [0.15, 0.2) is 47.3 Å². The number of aromatic nitrogens is 3. The second-order valence-corrected chi connectivity index (χ2v) is 5.09. The number of ether oxygens (including phenoxy) is 2. The lowest BCUT2D eigenvalue weighted by Gasteiger charge is -2.12. The Labute approximate surface area is 133 Å². The minimum absolute atomic E-state index is 0.264. The van der Waals surface area contributed by atoms with Crippen molar-refractivity contribution < 1.29 is 9.47 Å². The minimum Gasteiger partial charge on any atom is -0.496 e. The Morgan fingerprint density at radius 3 is 2.35 bits per heavy atom. The summed E-state index contributed by atoms with van der Waals surface area (Å²) in [6.07, 6.45) is 0. The molecule has 0 bridgehead atoms. The number of aryl methyl sites for hydroxylation is 1. The smallest absolute Gasteiger partial charge is 0.347 e. The van der Waals surface area contributed by atoms with Gasteiger partial charge in [-0.1, -0.05) is 6.07 Å². The highest BCUT2D eigenvalue weighted by Gasteiger charge is 2.08.